The summed E-state index contributed by atoms with van der Waals surface area (Å²) in [6, 6.07) is 8.13. The lowest BCUT2D eigenvalue weighted by atomic mass is 10.0. The van der Waals surface area contributed by atoms with Crippen LogP contribution in [-0.2, 0) is 22.6 Å². The minimum Gasteiger partial charge on any atom is -0.317 e. The molecule has 0 atom stereocenters. The number of amides is 1. The number of piperidine rings is 1. The lowest BCUT2D eigenvalue weighted by Gasteiger charge is -2.32. The molecule has 0 spiro atoms. The Morgan fingerprint density at radius 2 is 2.04 bits per heavy atom. The molecule has 3 rings (SSSR count). The number of rotatable bonds is 7. The molecule has 1 aliphatic rings. The second-order valence-corrected chi connectivity index (χ2v) is 6.38. The van der Waals surface area contributed by atoms with Crippen LogP contribution < -0.4 is 5.32 Å². The Morgan fingerprint density at radius 3 is 2.65 bits per heavy atom. The molecule has 1 saturated heterocycles. The molecule has 0 radical (unpaired) electrons. The first-order valence-electron chi connectivity index (χ1n) is 9.15. The third kappa shape index (κ3) is 4.44. The minimum absolute atomic E-state index is 0.0380. The van der Waals surface area contributed by atoms with Crippen molar-refractivity contribution in [2.75, 3.05) is 20.2 Å². The topological polar surface area (TPSA) is 85.2 Å². The van der Waals surface area contributed by atoms with Crippen LogP contribution in [0.25, 0.3) is 11.4 Å². The van der Waals surface area contributed by atoms with Gasteiger partial charge in [0.05, 0.1) is 19.7 Å². The summed E-state index contributed by atoms with van der Waals surface area (Å²) in [7, 11) is 1.57. The molecule has 0 unspecified atom stereocenters. The zero-order chi connectivity index (χ0) is 18.4. The van der Waals surface area contributed by atoms with Crippen molar-refractivity contribution >= 4 is 5.91 Å². The fraction of sp³-hybridized carbons (Fsp3) is 0.556. The molecule has 1 amide bonds. The predicted octanol–water partition coefficient (Wildman–Crippen LogP) is 1.43. The van der Waals surface area contributed by atoms with Gasteiger partial charge >= 0.3 is 0 Å². The van der Waals surface area contributed by atoms with Crippen LogP contribution in [0.5, 0.6) is 0 Å². The number of nitrogens with one attached hydrogen (secondary N) is 1. The van der Waals surface area contributed by atoms with Gasteiger partial charge in [-0.25, -0.2) is 5.06 Å². The standard InChI is InChI=1S/C18H26N6O2/c1-3-23-21-18(20-22-23)15-7-4-14(5-8-15)6-9-17(25)24(26-2)16-10-12-19-13-11-16/h4-5,7-8,16,19H,3,6,9-13H2,1-2H3. The summed E-state index contributed by atoms with van der Waals surface area (Å²) >= 11 is 0. The van der Waals surface area contributed by atoms with Gasteiger partial charge in [-0.3, -0.25) is 9.63 Å². The highest BCUT2D eigenvalue weighted by molar-refractivity contribution is 5.75. The Hall–Kier alpha value is -2.32. The first-order valence-corrected chi connectivity index (χ1v) is 9.15. The number of carbonyl (C=O) groups is 1. The molecule has 2 heterocycles. The van der Waals surface area contributed by atoms with Crippen molar-refractivity contribution in [1.29, 1.82) is 0 Å². The van der Waals surface area contributed by atoms with Crippen LogP contribution >= 0.6 is 0 Å². The van der Waals surface area contributed by atoms with E-state index in [1.54, 1.807) is 17.0 Å². The molecule has 0 saturated carbocycles. The molecule has 1 aromatic carbocycles. The van der Waals surface area contributed by atoms with Gasteiger partial charge in [-0.05, 0) is 50.1 Å². The van der Waals surface area contributed by atoms with E-state index in [1.165, 1.54) is 0 Å². The first-order chi connectivity index (χ1) is 12.7. The van der Waals surface area contributed by atoms with Gasteiger partial charge in [0.25, 0.3) is 0 Å². The Labute approximate surface area is 153 Å². The van der Waals surface area contributed by atoms with Crippen LogP contribution in [-0.4, -0.2) is 57.4 Å². The van der Waals surface area contributed by atoms with E-state index in [2.05, 4.69) is 20.7 Å². The second-order valence-electron chi connectivity index (χ2n) is 6.38. The Kier molecular flexibility index (Phi) is 6.30. The number of hydrogen-bond donors (Lipinski definition) is 1. The molecular formula is C18H26N6O2. The van der Waals surface area contributed by atoms with Gasteiger partial charge in [0.1, 0.15) is 0 Å². The van der Waals surface area contributed by atoms with Crippen LogP contribution in [0.3, 0.4) is 0 Å². The number of hydrogen-bond acceptors (Lipinski definition) is 6. The fourth-order valence-corrected chi connectivity index (χ4v) is 3.17. The van der Waals surface area contributed by atoms with Gasteiger partial charge in [0.2, 0.25) is 11.7 Å². The van der Waals surface area contributed by atoms with Gasteiger partial charge in [-0.1, -0.05) is 24.3 Å². The van der Waals surface area contributed by atoms with Crippen molar-refractivity contribution in [2.45, 2.75) is 45.2 Å². The highest BCUT2D eigenvalue weighted by Gasteiger charge is 2.25. The average Bonchev–Trinajstić information content (AvgIpc) is 3.17. The average molecular weight is 358 g/mol. The highest BCUT2D eigenvalue weighted by Crippen LogP contribution is 2.17. The van der Waals surface area contributed by atoms with Crippen molar-refractivity contribution in [3.05, 3.63) is 29.8 Å². The van der Waals surface area contributed by atoms with Crippen molar-refractivity contribution in [2.24, 2.45) is 0 Å². The van der Waals surface area contributed by atoms with Gasteiger partial charge < -0.3 is 5.32 Å². The van der Waals surface area contributed by atoms with Crippen molar-refractivity contribution in [3.63, 3.8) is 0 Å². The monoisotopic (exact) mass is 358 g/mol. The van der Waals surface area contributed by atoms with E-state index in [0.717, 1.165) is 37.1 Å². The van der Waals surface area contributed by atoms with Crippen molar-refractivity contribution < 1.29 is 9.63 Å². The van der Waals surface area contributed by atoms with Crippen LogP contribution in [0.15, 0.2) is 24.3 Å². The van der Waals surface area contributed by atoms with E-state index in [0.29, 0.717) is 25.2 Å². The normalized spacial score (nSPS) is 15.2. The molecule has 8 nitrogen and oxygen atoms in total. The number of aromatic nitrogens is 4. The molecule has 140 valence electrons. The third-order valence-corrected chi connectivity index (χ3v) is 4.66. The molecule has 1 fully saturated rings. The molecular weight excluding hydrogens is 332 g/mol. The fourth-order valence-electron chi connectivity index (χ4n) is 3.17. The summed E-state index contributed by atoms with van der Waals surface area (Å²) in [5.41, 5.74) is 2.03. The van der Waals surface area contributed by atoms with Crippen molar-refractivity contribution in [1.82, 2.24) is 30.6 Å². The number of nitrogens with zero attached hydrogens (tertiary/aromatic N) is 5. The maximum Gasteiger partial charge on any atom is 0.246 e. The number of hydroxylamine groups is 2. The van der Waals surface area contributed by atoms with Crippen LogP contribution in [0.1, 0.15) is 31.7 Å². The van der Waals surface area contributed by atoms with Gasteiger partial charge in [-0.15, -0.1) is 10.2 Å². The molecule has 2 aromatic rings. The number of tetrazole rings is 1. The quantitative estimate of drug-likeness (QED) is 0.754. The van der Waals surface area contributed by atoms with Gasteiger partial charge in [-0.2, -0.15) is 4.80 Å². The first kappa shape index (κ1) is 18.5. The molecule has 1 N–H and O–H groups in total. The summed E-state index contributed by atoms with van der Waals surface area (Å²) in [5.74, 6) is 0.655. The van der Waals surface area contributed by atoms with E-state index in [4.69, 9.17) is 4.84 Å². The molecule has 0 aliphatic carbocycles. The Morgan fingerprint density at radius 1 is 1.31 bits per heavy atom. The van der Waals surface area contributed by atoms with Crippen LogP contribution in [0.4, 0.5) is 0 Å². The van der Waals surface area contributed by atoms with Gasteiger partial charge in [0, 0.05) is 12.0 Å². The Balaban J connectivity index is 1.56. The number of aryl methyl sites for hydroxylation is 2. The van der Waals surface area contributed by atoms with Crippen LogP contribution in [0, 0.1) is 0 Å². The molecule has 1 aliphatic heterocycles. The summed E-state index contributed by atoms with van der Waals surface area (Å²) in [6.07, 6.45) is 2.97. The maximum absolute atomic E-state index is 12.5. The van der Waals surface area contributed by atoms with Crippen LogP contribution in [0.2, 0.25) is 0 Å². The SMILES string of the molecule is CCn1nnc(-c2ccc(CCC(=O)N(OC)C3CCNCC3)cc2)n1. The van der Waals surface area contributed by atoms with Crippen molar-refractivity contribution in [3.8, 4) is 11.4 Å². The zero-order valence-electron chi connectivity index (χ0n) is 15.4. The number of benzene rings is 1. The van der Waals surface area contributed by atoms with E-state index in [9.17, 15) is 4.79 Å². The minimum atomic E-state index is 0.0380. The Bertz CT molecular complexity index is 709. The lowest BCUT2D eigenvalue weighted by Crippen LogP contribution is -2.45. The lowest BCUT2D eigenvalue weighted by molar-refractivity contribution is -0.190. The predicted molar refractivity (Wildman–Crippen MR) is 97.0 cm³/mol. The highest BCUT2D eigenvalue weighted by atomic mass is 16.7. The smallest absolute Gasteiger partial charge is 0.246 e. The summed E-state index contributed by atoms with van der Waals surface area (Å²) in [5, 5.41) is 17.2. The molecule has 26 heavy (non-hydrogen) atoms. The number of carbonyl (C=O) groups excluding carboxylic acids is 1. The maximum atomic E-state index is 12.5. The third-order valence-electron chi connectivity index (χ3n) is 4.66. The van der Waals surface area contributed by atoms with Gasteiger partial charge in [0.15, 0.2) is 0 Å². The van der Waals surface area contributed by atoms with E-state index in [1.807, 2.05) is 31.2 Å². The molecule has 1 aromatic heterocycles. The molecule has 8 heteroatoms. The molecule has 0 bridgehead atoms. The van der Waals surface area contributed by atoms with E-state index in [-0.39, 0.29) is 11.9 Å². The summed E-state index contributed by atoms with van der Waals surface area (Å²) < 4.78 is 0. The second kappa shape index (κ2) is 8.86. The zero-order valence-corrected chi connectivity index (χ0v) is 15.4. The summed E-state index contributed by atoms with van der Waals surface area (Å²) in [4.78, 5) is 19.4. The van der Waals surface area contributed by atoms with E-state index >= 15 is 0 Å². The summed E-state index contributed by atoms with van der Waals surface area (Å²) in [6.45, 7) is 4.52. The largest absolute Gasteiger partial charge is 0.317 e. The van der Waals surface area contributed by atoms with E-state index < -0.39 is 0 Å².